The second-order valence-corrected chi connectivity index (χ2v) is 8.00. The number of benzene rings is 2. The van der Waals surface area contributed by atoms with E-state index >= 15 is 0 Å². The van der Waals surface area contributed by atoms with Gasteiger partial charge >= 0.3 is 0 Å². The van der Waals surface area contributed by atoms with E-state index in [-0.39, 0.29) is 36.1 Å². The maximum Gasteiger partial charge on any atom is 0.226 e. The summed E-state index contributed by atoms with van der Waals surface area (Å²) in [7, 11) is 0. The largest absolute Gasteiger partial charge is 0.326 e. The molecule has 0 aliphatic carbocycles. The minimum Gasteiger partial charge on any atom is -0.326 e. The number of nitrogens with one attached hydrogen (secondary N) is 2. The van der Waals surface area contributed by atoms with Gasteiger partial charge in [-0.1, -0.05) is 45.0 Å². The van der Waals surface area contributed by atoms with E-state index in [1.54, 1.807) is 29.2 Å². The van der Waals surface area contributed by atoms with E-state index < -0.39 is 0 Å². The van der Waals surface area contributed by atoms with Gasteiger partial charge in [0, 0.05) is 43.9 Å². The number of anilines is 3. The topological polar surface area (TPSA) is 78.5 Å². The number of carbonyl (C=O) groups excluding carboxylic acids is 3. The van der Waals surface area contributed by atoms with Crippen LogP contribution < -0.4 is 15.5 Å². The van der Waals surface area contributed by atoms with Gasteiger partial charge in [-0.2, -0.15) is 0 Å². The molecular weight excluding hydrogens is 366 g/mol. The van der Waals surface area contributed by atoms with Gasteiger partial charge in [0.25, 0.3) is 0 Å². The van der Waals surface area contributed by atoms with Crippen molar-refractivity contribution in [2.45, 2.75) is 46.5 Å². The Morgan fingerprint density at radius 3 is 2.10 bits per heavy atom. The highest BCUT2D eigenvalue weighted by molar-refractivity contribution is 5.96. The van der Waals surface area contributed by atoms with Crippen molar-refractivity contribution in [1.82, 2.24) is 0 Å². The Labute approximate surface area is 172 Å². The van der Waals surface area contributed by atoms with E-state index in [9.17, 15) is 14.4 Å². The number of nitrogens with zero attached hydrogens (tertiary/aromatic N) is 1. The molecule has 0 unspecified atom stereocenters. The summed E-state index contributed by atoms with van der Waals surface area (Å²) in [5, 5.41) is 5.50. The van der Waals surface area contributed by atoms with Gasteiger partial charge in [-0.3, -0.25) is 14.4 Å². The zero-order valence-electron chi connectivity index (χ0n) is 17.7. The zero-order valence-corrected chi connectivity index (χ0v) is 17.7. The van der Waals surface area contributed by atoms with E-state index in [1.807, 2.05) is 24.3 Å². The highest BCUT2D eigenvalue weighted by atomic mass is 16.2. The van der Waals surface area contributed by atoms with Crippen molar-refractivity contribution in [3.63, 3.8) is 0 Å². The summed E-state index contributed by atoms with van der Waals surface area (Å²) in [6.07, 6.45) is 0.155. The first-order chi connectivity index (χ1) is 13.6. The van der Waals surface area contributed by atoms with Crippen molar-refractivity contribution in [1.29, 1.82) is 0 Å². The fourth-order valence-corrected chi connectivity index (χ4v) is 3.11. The number of amides is 3. The van der Waals surface area contributed by atoms with Crippen molar-refractivity contribution in [3.05, 3.63) is 54.1 Å². The van der Waals surface area contributed by atoms with Crippen LogP contribution in [0.3, 0.4) is 0 Å². The lowest BCUT2D eigenvalue weighted by Crippen LogP contribution is -2.34. The van der Waals surface area contributed by atoms with Gasteiger partial charge in [0.15, 0.2) is 0 Å². The van der Waals surface area contributed by atoms with Crippen LogP contribution in [0, 0.1) is 0 Å². The van der Waals surface area contributed by atoms with Crippen LogP contribution in [-0.2, 0) is 19.8 Å². The molecule has 6 heteroatoms. The fraction of sp³-hybridized carbons (Fsp3) is 0.348. The van der Waals surface area contributed by atoms with Crippen LogP contribution in [-0.4, -0.2) is 24.3 Å². The molecule has 0 spiro atoms. The molecule has 2 N–H and O–H groups in total. The molecule has 0 fully saturated rings. The normalized spacial score (nSPS) is 10.9. The first-order valence-electron chi connectivity index (χ1n) is 9.63. The maximum absolute atomic E-state index is 12.4. The number of rotatable bonds is 6. The summed E-state index contributed by atoms with van der Waals surface area (Å²) < 4.78 is 0. The molecule has 3 amide bonds. The van der Waals surface area contributed by atoms with Crippen molar-refractivity contribution in [2.24, 2.45) is 0 Å². The average molecular weight is 396 g/mol. The van der Waals surface area contributed by atoms with Crippen molar-refractivity contribution < 1.29 is 14.4 Å². The summed E-state index contributed by atoms with van der Waals surface area (Å²) in [5.74, 6) is -0.491. The molecule has 0 bridgehead atoms. The molecule has 0 aromatic heterocycles. The van der Waals surface area contributed by atoms with Gasteiger partial charge in [0.05, 0.1) is 0 Å². The second kappa shape index (κ2) is 9.37. The monoisotopic (exact) mass is 395 g/mol. The molecule has 0 heterocycles. The lowest BCUT2D eigenvalue weighted by atomic mass is 9.85. The van der Waals surface area contributed by atoms with Crippen LogP contribution in [0.15, 0.2) is 48.5 Å². The van der Waals surface area contributed by atoms with Gasteiger partial charge < -0.3 is 15.5 Å². The Morgan fingerprint density at radius 1 is 0.897 bits per heavy atom. The van der Waals surface area contributed by atoms with E-state index in [0.717, 1.165) is 11.3 Å². The lowest BCUT2D eigenvalue weighted by molar-refractivity contribution is -0.117. The predicted octanol–water partition coefficient (Wildman–Crippen LogP) is 4.32. The summed E-state index contributed by atoms with van der Waals surface area (Å²) in [6, 6.07) is 14.7. The quantitative estimate of drug-likeness (QED) is 0.764. The van der Waals surface area contributed by atoms with Gasteiger partial charge in [-0.15, -0.1) is 0 Å². The van der Waals surface area contributed by atoms with Crippen LogP contribution in [0.1, 0.15) is 46.6 Å². The van der Waals surface area contributed by atoms with E-state index in [2.05, 4.69) is 31.4 Å². The standard InChI is InChI=1S/C23H29N3O3/c1-16(27)24-18-9-8-10-19(15-18)25-22(29)13-14-26(17(2)28)21-12-7-6-11-20(21)23(3,4)5/h6-12,15H,13-14H2,1-5H3,(H,24,27)(H,25,29). The Hall–Kier alpha value is -3.15. The SMILES string of the molecule is CC(=O)Nc1cccc(NC(=O)CCN(C(C)=O)c2ccccc2C(C)(C)C)c1. The molecule has 2 rings (SSSR count). The molecule has 29 heavy (non-hydrogen) atoms. The Bertz CT molecular complexity index is 900. The van der Waals surface area contributed by atoms with E-state index in [0.29, 0.717) is 11.4 Å². The molecule has 6 nitrogen and oxygen atoms in total. The Morgan fingerprint density at radius 2 is 1.52 bits per heavy atom. The molecule has 0 aliphatic rings. The number of para-hydroxylation sites is 1. The Kier molecular flexibility index (Phi) is 7.15. The zero-order chi connectivity index (χ0) is 21.6. The number of carbonyl (C=O) groups is 3. The molecular formula is C23H29N3O3. The smallest absolute Gasteiger partial charge is 0.226 e. The van der Waals surface area contributed by atoms with Crippen molar-refractivity contribution in [2.75, 3.05) is 22.1 Å². The molecule has 0 radical (unpaired) electrons. The minimum absolute atomic E-state index is 0.109. The minimum atomic E-state index is -0.204. The van der Waals surface area contributed by atoms with Gasteiger partial charge in [-0.25, -0.2) is 0 Å². The molecule has 2 aromatic carbocycles. The fourth-order valence-electron chi connectivity index (χ4n) is 3.11. The van der Waals surface area contributed by atoms with E-state index in [4.69, 9.17) is 0 Å². The Balaban J connectivity index is 2.10. The van der Waals surface area contributed by atoms with Crippen LogP contribution in [0.2, 0.25) is 0 Å². The molecule has 2 aromatic rings. The van der Waals surface area contributed by atoms with Gasteiger partial charge in [0.1, 0.15) is 0 Å². The first kappa shape index (κ1) is 22.1. The lowest BCUT2D eigenvalue weighted by Gasteiger charge is -2.29. The van der Waals surface area contributed by atoms with Crippen molar-refractivity contribution in [3.8, 4) is 0 Å². The number of hydrogen-bond donors (Lipinski definition) is 2. The molecule has 0 aliphatic heterocycles. The van der Waals surface area contributed by atoms with Crippen LogP contribution in [0.5, 0.6) is 0 Å². The summed E-state index contributed by atoms with van der Waals surface area (Å²) in [5.41, 5.74) is 2.95. The third-order valence-electron chi connectivity index (χ3n) is 4.41. The van der Waals surface area contributed by atoms with Crippen LogP contribution >= 0.6 is 0 Å². The third-order valence-corrected chi connectivity index (χ3v) is 4.41. The molecule has 0 saturated carbocycles. The molecule has 0 atom stereocenters. The van der Waals surface area contributed by atoms with Crippen LogP contribution in [0.25, 0.3) is 0 Å². The van der Waals surface area contributed by atoms with Gasteiger partial charge in [0.2, 0.25) is 17.7 Å². The summed E-state index contributed by atoms with van der Waals surface area (Å²) in [6.45, 7) is 9.50. The number of hydrogen-bond acceptors (Lipinski definition) is 3. The highest BCUT2D eigenvalue weighted by Gasteiger charge is 2.23. The maximum atomic E-state index is 12.4. The molecule has 154 valence electrons. The third kappa shape index (κ3) is 6.45. The van der Waals surface area contributed by atoms with Crippen molar-refractivity contribution >= 4 is 34.8 Å². The summed E-state index contributed by atoms with van der Waals surface area (Å²) >= 11 is 0. The van der Waals surface area contributed by atoms with E-state index in [1.165, 1.54) is 13.8 Å². The first-order valence-corrected chi connectivity index (χ1v) is 9.63. The van der Waals surface area contributed by atoms with Crippen LogP contribution in [0.4, 0.5) is 17.1 Å². The highest BCUT2D eigenvalue weighted by Crippen LogP contribution is 2.32. The average Bonchev–Trinajstić information content (AvgIpc) is 2.61. The second-order valence-electron chi connectivity index (χ2n) is 8.00. The molecule has 0 saturated heterocycles. The predicted molar refractivity (Wildman–Crippen MR) is 117 cm³/mol. The van der Waals surface area contributed by atoms with Gasteiger partial charge in [-0.05, 0) is 35.2 Å². The summed E-state index contributed by atoms with van der Waals surface area (Å²) in [4.78, 5) is 37.6.